The first-order chi connectivity index (χ1) is 6.27. The van der Waals surface area contributed by atoms with Gasteiger partial charge in [0, 0.05) is 31.5 Å². The second-order valence-corrected chi connectivity index (χ2v) is 3.05. The highest BCUT2D eigenvalue weighted by molar-refractivity contribution is 5.25. The summed E-state index contributed by atoms with van der Waals surface area (Å²) in [5.41, 5.74) is 3.11. The molecule has 0 saturated heterocycles. The van der Waals surface area contributed by atoms with Gasteiger partial charge in [0.15, 0.2) is 0 Å². The molecule has 72 valence electrons. The van der Waals surface area contributed by atoms with Crippen molar-refractivity contribution in [2.24, 2.45) is 0 Å². The van der Waals surface area contributed by atoms with Gasteiger partial charge in [-0.2, -0.15) is 0 Å². The molecule has 0 aromatic carbocycles. The number of hydrogen-bond donors (Lipinski definition) is 2. The highest BCUT2D eigenvalue weighted by Crippen LogP contribution is 2.08. The van der Waals surface area contributed by atoms with Gasteiger partial charge < -0.3 is 10.2 Å². The molecule has 1 aromatic rings. The van der Waals surface area contributed by atoms with Crippen LogP contribution in [0.15, 0.2) is 12.3 Å². The molecular formula is C10H15NO2. The highest BCUT2D eigenvalue weighted by Gasteiger charge is 2.00. The van der Waals surface area contributed by atoms with E-state index in [1.54, 1.807) is 6.20 Å². The Morgan fingerprint density at radius 3 is 2.46 bits per heavy atom. The molecule has 0 bridgehead atoms. The van der Waals surface area contributed by atoms with Crippen LogP contribution in [0.2, 0.25) is 0 Å². The number of aliphatic hydroxyl groups is 2. The Morgan fingerprint density at radius 1 is 1.23 bits per heavy atom. The van der Waals surface area contributed by atoms with E-state index >= 15 is 0 Å². The Balaban J connectivity index is 2.79. The maximum absolute atomic E-state index is 8.75. The number of aryl methyl sites for hydroxylation is 1. The zero-order valence-electron chi connectivity index (χ0n) is 7.82. The molecule has 2 N–H and O–H groups in total. The van der Waals surface area contributed by atoms with Crippen LogP contribution in [0.5, 0.6) is 0 Å². The van der Waals surface area contributed by atoms with Gasteiger partial charge in [0.2, 0.25) is 0 Å². The lowest BCUT2D eigenvalue weighted by atomic mass is 10.1. The molecule has 0 spiro atoms. The molecule has 0 amide bonds. The summed E-state index contributed by atoms with van der Waals surface area (Å²) in [5.74, 6) is 0. The summed E-state index contributed by atoms with van der Waals surface area (Å²) in [7, 11) is 0. The molecule has 0 aliphatic rings. The van der Waals surface area contributed by atoms with E-state index in [1.165, 1.54) is 0 Å². The summed E-state index contributed by atoms with van der Waals surface area (Å²) < 4.78 is 0. The molecule has 1 rings (SSSR count). The Kier molecular flexibility index (Phi) is 3.86. The lowest BCUT2D eigenvalue weighted by Crippen LogP contribution is -2.00. The van der Waals surface area contributed by atoms with E-state index in [9.17, 15) is 0 Å². The number of hydrogen-bond acceptors (Lipinski definition) is 3. The van der Waals surface area contributed by atoms with E-state index in [0.29, 0.717) is 12.8 Å². The first-order valence-electron chi connectivity index (χ1n) is 4.44. The molecule has 3 heteroatoms. The lowest BCUT2D eigenvalue weighted by molar-refractivity contribution is 0.296. The lowest BCUT2D eigenvalue weighted by Gasteiger charge is -2.05. The molecule has 3 nitrogen and oxygen atoms in total. The fourth-order valence-corrected chi connectivity index (χ4v) is 1.28. The van der Waals surface area contributed by atoms with Crippen molar-refractivity contribution in [1.29, 1.82) is 0 Å². The van der Waals surface area contributed by atoms with Crippen molar-refractivity contribution in [3.05, 3.63) is 29.1 Å². The minimum atomic E-state index is 0.131. The van der Waals surface area contributed by atoms with Gasteiger partial charge in [-0.15, -0.1) is 0 Å². The van der Waals surface area contributed by atoms with Crippen LogP contribution in [0, 0.1) is 6.92 Å². The average Bonchev–Trinajstić information content (AvgIpc) is 2.10. The van der Waals surface area contributed by atoms with Gasteiger partial charge in [-0.3, -0.25) is 4.98 Å². The standard InChI is InChI=1S/C10H15NO2/c1-8-6-10(3-5-13)11-7-9(8)2-4-12/h6-7,12-13H,2-5H2,1H3. The normalized spacial score (nSPS) is 10.4. The number of rotatable bonds is 4. The molecule has 0 aliphatic heterocycles. The first kappa shape index (κ1) is 10.2. The molecule has 0 saturated carbocycles. The predicted octanol–water partition coefficient (Wildman–Crippen LogP) is 0.460. The van der Waals surface area contributed by atoms with Crippen LogP contribution in [0.4, 0.5) is 0 Å². The molecule has 0 aliphatic carbocycles. The number of nitrogens with zero attached hydrogens (tertiary/aromatic N) is 1. The minimum Gasteiger partial charge on any atom is -0.396 e. The van der Waals surface area contributed by atoms with Crippen LogP contribution in [0.1, 0.15) is 16.8 Å². The van der Waals surface area contributed by atoms with Crippen molar-refractivity contribution in [3.63, 3.8) is 0 Å². The van der Waals surface area contributed by atoms with E-state index in [-0.39, 0.29) is 13.2 Å². The van der Waals surface area contributed by atoms with Crippen molar-refractivity contribution >= 4 is 0 Å². The zero-order valence-corrected chi connectivity index (χ0v) is 7.82. The van der Waals surface area contributed by atoms with Gasteiger partial charge in [0.25, 0.3) is 0 Å². The van der Waals surface area contributed by atoms with Gasteiger partial charge in [-0.1, -0.05) is 0 Å². The maximum atomic E-state index is 8.75. The van der Waals surface area contributed by atoms with Crippen molar-refractivity contribution in [2.75, 3.05) is 13.2 Å². The molecule has 1 heterocycles. The van der Waals surface area contributed by atoms with Crippen molar-refractivity contribution in [3.8, 4) is 0 Å². The number of aromatic nitrogens is 1. The third-order valence-electron chi connectivity index (χ3n) is 2.02. The third kappa shape index (κ3) is 2.79. The number of aliphatic hydroxyl groups excluding tert-OH is 2. The zero-order chi connectivity index (χ0) is 9.68. The Bertz CT molecular complexity index is 274. The van der Waals surface area contributed by atoms with Gasteiger partial charge in [-0.05, 0) is 30.5 Å². The summed E-state index contributed by atoms with van der Waals surface area (Å²) in [5, 5.41) is 17.5. The summed E-state index contributed by atoms with van der Waals surface area (Å²) >= 11 is 0. The van der Waals surface area contributed by atoms with Crippen LogP contribution >= 0.6 is 0 Å². The van der Waals surface area contributed by atoms with E-state index < -0.39 is 0 Å². The Labute approximate surface area is 78.1 Å². The largest absolute Gasteiger partial charge is 0.396 e. The SMILES string of the molecule is Cc1cc(CCO)ncc1CCO. The fraction of sp³-hybridized carbons (Fsp3) is 0.500. The third-order valence-corrected chi connectivity index (χ3v) is 2.02. The molecule has 0 unspecified atom stereocenters. The second kappa shape index (κ2) is 4.94. The maximum Gasteiger partial charge on any atom is 0.0486 e. The predicted molar refractivity (Wildman–Crippen MR) is 50.6 cm³/mol. The Hall–Kier alpha value is -0.930. The first-order valence-corrected chi connectivity index (χ1v) is 4.44. The quantitative estimate of drug-likeness (QED) is 0.709. The van der Waals surface area contributed by atoms with Crippen LogP contribution in [-0.4, -0.2) is 28.4 Å². The molecule has 1 aromatic heterocycles. The summed E-state index contributed by atoms with van der Waals surface area (Å²) in [4.78, 5) is 4.18. The van der Waals surface area contributed by atoms with Crippen molar-refractivity contribution < 1.29 is 10.2 Å². The minimum absolute atomic E-state index is 0.131. The van der Waals surface area contributed by atoms with Gasteiger partial charge >= 0.3 is 0 Å². The van der Waals surface area contributed by atoms with Crippen molar-refractivity contribution in [2.45, 2.75) is 19.8 Å². The van der Waals surface area contributed by atoms with Gasteiger partial charge in [0.1, 0.15) is 0 Å². The summed E-state index contributed by atoms with van der Waals surface area (Å²) in [6.07, 6.45) is 3.02. The van der Waals surface area contributed by atoms with Crippen LogP contribution in [0.3, 0.4) is 0 Å². The molecule has 0 atom stereocenters. The molecule has 0 fully saturated rings. The van der Waals surface area contributed by atoms with Gasteiger partial charge in [0.05, 0.1) is 0 Å². The smallest absolute Gasteiger partial charge is 0.0486 e. The van der Waals surface area contributed by atoms with E-state index in [1.807, 2.05) is 13.0 Å². The molecule has 0 radical (unpaired) electrons. The van der Waals surface area contributed by atoms with E-state index in [0.717, 1.165) is 16.8 Å². The second-order valence-electron chi connectivity index (χ2n) is 3.05. The van der Waals surface area contributed by atoms with Crippen molar-refractivity contribution in [1.82, 2.24) is 4.98 Å². The van der Waals surface area contributed by atoms with E-state index in [2.05, 4.69) is 4.98 Å². The fourth-order valence-electron chi connectivity index (χ4n) is 1.28. The van der Waals surface area contributed by atoms with Crippen LogP contribution in [0.25, 0.3) is 0 Å². The monoisotopic (exact) mass is 181 g/mol. The molecular weight excluding hydrogens is 166 g/mol. The summed E-state index contributed by atoms with van der Waals surface area (Å²) in [6, 6.07) is 1.96. The average molecular weight is 181 g/mol. The van der Waals surface area contributed by atoms with Crippen LogP contribution in [-0.2, 0) is 12.8 Å². The topological polar surface area (TPSA) is 53.4 Å². The summed E-state index contributed by atoms with van der Waals surface area (Å²) in [6.45, 7) is 2.28. The number of pyridine rings is 1. The van der Waals surface area contributed by atoms with E-state index in [4.69, 9.17) is 10.2 Å². The Morgan fingerprint density at radius 2 is 1.92 bits per heavy atom. The highest BCUT2D eigenvalue weighted by atomic mass is 16.3. The van der Waals surface area contributed by atoms with Crippen LogP contribution < -0.4 is 0 Å². The van der Waals surface area contributed by atoms with Gasteiger partial charge in [-0.25, -0.2) is 0 Å². The molecule has 13 heavy (non-hydrogen) atoms.